The molecule has 5 heterocycles. The summed E-state index contributed by atoms with van der Waals surface area (Å²) in [5, 5.41) is 13.2. The average molecular weight is 578 g/mol. The fraction of sp³-hybridized carbons (Fsp3) is 0.594. The lowest BCUT2D eigenvalue weighted by Crippen LogP contribution is -2.42. The zero-order valence-electron chi connectivity index (χ0n) is 24.7. The SMILES string of the molecule is CC(=O)N1CCc2c(c(N3CCCc4cc(-c5cnn(C)c5)c(C(F)F)cc43)nn2C2CCC3(CCCNC3)CC2)C1. The van der Waals surface area contributed by atoms with Gasteiger partial charge in [0.15, 0.2) is 5.82 Å². The molecule has 3 aliphatic heterocycles. The van der Waals surface area contributed by atoms with E-state index in [1.54, 1.807) is 37.1 Å². The molecule has 4 aliphatic rings. The number of piperidine rings is 1. The zero-order chi connectivity index (χ0) is 29.0. The van der Waals surface area contributed by atoms with Crippen molar-refractivity contribution in [3.8, 4) is 11.1 Å². The third-order valence-corrected chi connectivity index (χ3v) is 10.3. The van der Waals surface area contributed by atoms with Crippen LogP contribution in [0.5, 0.6) is 0 Å². The largest absolute Gasteiger partial charge is 0.338 e. The van der Waals surface area contributed by atoms with Crippen LogP contribution >= 0.6 is 0 Å². The second-order valence-corrected chi connectivity index (χ2v) is 12.9. The number of fused-ring (bicyclic) bond motifs is 2. The molecule has 10 heteroatoms. The van der Waals surface area contributed by atoms with Crippen LogP contribution in [0.1, 0.15) is 86.7 Å². The molecule has 0 bridgehead atoms. The van der Waals surface area contributed by atoms with Crippen molar-refractivity contribution in [1.29, 1.82) is 0 Å². The molecule has 7 rings (SSSR count). The van der Waals surface area contributed by atoms with Crippen molar-refractivity contribution in [1.82, 2.24) is 29.8 Å². The van der Waals surface area contributed by atoms with E-state index >= 15 is 0 Å². The Hall–Kier alpha value is -3.27. The van der Waals surface area contributed by atoms with Gasteiger partial charge >= 0.3 is 0 Å². The number of rotatable bonds is 4. The van der Waals surface area contributed by atoms with Gasteiger partial charge in [-0.15, -0.1) is 0 Å². The first-order chi connectivity index (χ1) is 20.3. The van der Waals surface area contributed by atoms with E-state index in [-0.39, 0.29) is 11.5 Å². The van der Waals surface area contributed by atoms with E-state index in [1.807, 2.05) is 11.0 Å². The van der Waals surface area contributed by atoms with Crippen LogP contribution in [-0.2, 0) is 31.2 Å². The second kappa shape index (κ2) is 10.8. The van der Waals surface area contributed by atoms with Crippen molar-refractivity contribution in [2.45, 2.75) is 83.7 Å². The highest BCUT2D eigenvalue weighted by Gasteiger charge is 2.39. The highest BCUT2D eigenvalue weighted by molar-refractivity contribution is 5.78. The summed E-state index contributed by atoms with van der Waals surface area (Å²) >= 11 is 0. The molecule has 2 fully saturated rings. The topological polar surface area (TPSA) is 71.2 Å². The number of carbonyl (C=O) groups excluding carboxylic acids is 1. The number of alkyl halides is 2. The first kappa shape index (κ1) is 27.6. The van der Waals surface area contributed by atoms with Crippen molar-refractivity contribution in [2.75, 3.05) is 31.1 Å². The maximum atomic E-state index is 14.5. The van der Waals surface area contributed by atoms with Crippen molar-refractivity contribution < 1.29 is 13.6 Å². The van der Waals surface area contributed by atoms with Crippen molar-refractivity contribution in [2.24, 2.45) is 12.5 Å². The summed E-state index contributed by atoms with van der Waals surface area (Å²) in [6.45, 7) is 5.79. The van der Waals surface area contributed by atoms with Crippen molar-refractivity contribution in [3.05, 3.63) is 46.9 Å². The fourth-order valence-corrected chi connectivity index (χ4v) is 7.99. The zero-order valence-corrected chi connectivity index (χ0v) is 24.7. The summed E-state index contributed by atoms with van der Waals surface area (Å²) in [5.41, 5.74) is 5.85. The number of hydrogen-bond donors (Lipinski definition) is 1. The molecule has 0 unspecified atom stereocenters. The number of carbonyl (C=O) groups is 1. The van der Waals surface area contributed by atoms with Crippen LogP contribution in [-0.4, -0.2) is 56.5 Å². The minimum absolute atomic E-state index is 0.0194. The van der Waals surface area contributed by atoms with Crippen LogP contribution < -0.4 is 10.2 Å². The van der Waals surface area contributed by atoms with E-state index in [4.69, 9.17) is 5.10 Å². The Bertz CT molecular complexity index is 1480. The van der Waals surface area contributed by atoms with Gasteiger partial charge in [0.05, 0.1) is 18.8 Å². The van der Waals surface area contributed by atoms with Gasteiger partial charge in [-0.3, -0.25) is 14.2 Å². The monoisotopic (exact) mass is 577 g/mol. The molecule has 1 aromatic carbocycles. The van der Waals surface area contributed by atoms with Crippen LogP contribution in [0.3, 0.4) is 0 Å². The molecule has 1 saturated heterocycles. The Morgan fingerprint density at radius 2 is 1.95 bits per heavy atom. The van der Waals surface area contributed by atoms with Crippen molar-refractivity contribution in [3.63, 3.8) is 0 Å². The first-order valence-corrected chi connectivity index (χ1v) is 15.6. The summed E-state index contributed by atoms with van der Waals surface area (Å²) in [5.74, 6) is 0.898. The molecule has 224 valence electrons. The number of halogens is 2. The van der Waals surface area contributed by atoms with Gasteiger partial charge in [0.25, 0.3) is 6.43 Å². The smallest absolute Gasteiger partial charge is 0.264 e. The normalized spacial score (nSPS) is 24.3. The minimum atomic E-state index is -2.61. The Balaban J connectivity index is 1.28. The summed E-state index contributed by atoms with van der Waals surface area (Å²) in [6.07, 6.45) is 10.5. The van der Waals surface area contributed by atoms with Gasteiger partial charge in [0, 0.05) is 74.3 Å². The Morgan fingerprint density at radius 3 is 2.64 bits per heavy atom. The number of aryl methyl sites for hydroxylation is 2. The molecular weight excluding hydrogens is 536 g/mol. The quantitative estimate of drug-likeness (QED) is 0.431. The number of aromatic nitrogens is 4. The fourth-order valence-electron chi connectivity index (χ4n) is 7.99. The summed E-state index contributed by atoms with van der Waals surface area (Å²) in [4.78, 5) is 16.5. The van der Waals surface area contributed by atoms with Crippen LogP contribution in [0, 0.1) is 5.41 Å². The van der Waals surface area contributed by atoms with E-state index in [0.29, 0.717) is 42.2 Å². The number of nitrogens with one attached hydrogen (secondary N) is 1. The second-order valence-electron chi connectivity index (χ2n) is 12.9. The summed E-state index contributed by atoms with van der Waals surface area (Å²) in [7, 11) is 1.80. The summed E-state index contributed by atoms with van der Waals surface area (Å²) < 4.78 is 33.0. The van der Waals surface area contributed by atoms with Gasteiger partial charge in [-0.1, -0.05) is 0 Å². The molecule has 1 saturated carbocycles. The van der Waals surface area contributed by atoms with Gasteiger partial charge < -0.3 is 15.1 Å². The number of benzene rings is 1. The molecule has 1 N–H and O–H groups in total. The Labute approximate surface area is 246 Å². The van der Waals surface area contributed by atoms with E-state index < -0.39 is 6.43 Å². The lowest BCUT2D eigenvalue weighted by molar-refractivity contribution is -0.129. The molecule has 8 nitrogen and oxygen atoms in total. The van der Waals surface area contributed by atoms with E-state index in [1.165, 1.54) is 31.4 Å². The highest BCUT2D eigenvalue weighted by atomic mass is 19.3. The van der Waals surface area contributed by atoms with Crippen LogP contribution in [0.25, 0.3) is 11.1 Å². The number of nitrogens with zero attached hydrogens (tertiary/aromatic N) is 6. The number of anilines is 2. The lowest BCUT2D eigenvalue weighted by Gasteiger charge is -2.43. The number of amides is 1. The molecule has 2 aromatic heterocycles. The molecule has 1 spiro atoms. The maximum absolute atomic E-state index is 14.5. The maximum Gasteiger partial charge on any atom is 0.264 e. The van der Waals surface area contributed by atoms with Crippen LogP contribution in [0.2, 0.25) is 0 Å². The number of hydrogen-bond acceptors (Lipinski definition) is 5. The molecule has 0 atom stereocenters. The van der Waals surface area contributed by atoms with Gasteiger partial charge in [0.2, 0.25) is 5.91 Å². The van der Waals surface area contributed by atoms with Gasteiger partial charge in [-0.25, -0.2) is 8.78 Å². The predicted octanol–water partition coefficient (Wildman–Crippen LogP) is 5.70. The van der Waals surface area contributed by atoms with E-state index in [0.717, 1.165) is 67.8 Å². The third-order valence-electron chi connectivity index (χ3n) is 10.3. The molecule has 1 aliphatic carbocycles. The Morgan fingerprint density at radius 1 is 1.12 bits per heavy atom. The minimum Gasteiger partial charge on any atom is -0.338 e. The molecule has 0 radical (unpaired) electrons. The standard InChI is InChI=1S/C32H41F2N7O/c1-21(42)39-14-8-28-27(19-39)31(37-41(28)24-6-10-32(11-7-24)9-4-12-35-20-32)40-13-3-5-22-15-25(23-17-36-38(2)18-23)26(30(33)34)16-29(22)40/h15-18,24,30,35H,3-14,19-20H2,1-2H3. The highest BCUT2D eigenvalue weighted by Crippen LogP contribution is 2.47. The van der Waals surface area contributed by atoms with Crippen LogP contribution in [0.15, 0.2) is 24.5 Å². The van der Waals surface area contributed by atoms with Crippen molar-refractivity contribution >= 4 is 17.4 Å². The molecule has 42 heavy (non-hydrogen) atoms. The summed E-state index contributed by atoms with van der Waals surface area (Å²) in [6, 6.07) is 3.95. The Kier molecular flexibility index (Phi) is 7.07. The van der Waals surface area contributed by atoms with E-state index in [9.17, 15) is 13.6 Å². The van der Waals surface area contributed by atoms with E-state index in [2.05, 4.69) is 20.0 Å². The van der Waals surface area contributed by atoms with Crippen LogP contribution in [0.4, 0.5) is 20.3 Å². The predicted molar refractivity (Wildman–Crippen MR) is 158 cm³/mol. The average Bonchev–Trinajstić information content (AvgIpc) is 3.60. The van der Waals surface area contributed by atoms with Gasteiger partial charge in [-0.2, -0.15) is 10.2 Å². The van der Waals surface area contributed by atoms with Gasteiger partial charge in [-0.05, 0) is 86.6 Å². The molecule has 3 aromatic rings. The van der Waals surface area contributed by atoms with Gasteiger partial charge in [0.1, 0.15) is 0 Å². The third kappa shape index (κ3) is 4.81. The molecule has 1 amide bonds. The first-order valence-electron chi connectivity index (χ1n) is 15.6. The lowest BCUT2D eigenvalue weighted by atomic mass is 9.68. The molecular formula is C32H41F2N7O.